The quantitative estimate of drug-likeness (QED) is 0.436. The molecule has 0 saturated carbocycles. The minimum atomic E-state index is 0. The van der Waals surface area contributed by atoms with Gasteiger partial charge in [0.15, 0.2) is 0 Å². The first kappa shape index (κ1) is 17.8. The molecular formula is C22H20MgN4. The van der Waals surface area contributed by atoms with Crippen molar-refractivity contribution < 1.29 is 0 Å². The number of nitrogens with one attached hydrogen (secondary N) is 2. The predicted molar refractivity (Wildman–Crippen MR) is 117 cm³/mol. The van der Waals surface area contributed by atoms with Crippen LogP contribution in [0.15, 0.2) is 42.5 Å². The monoisotopic (exact) mass is 364 g/mol. The molecule has 0 aliphatic carbocycles. The highest BCUT2D eigenvalue weighted by Gasteiger charge is 2.04. The van der Waals surface area contributed by atoms with Crippen molar-refractivity contribution >= 4 is 69.4 Å². The average Bonchev–Trinajstić information content (AvgIpc) is 3.39. The van der Waals surface area contributed by atoms with Crippen LogP contribution in [-0.2, 0) is 6.42 Å². The van der Waals surface area contributed by atoms with E-state index in [0.29, 0.717) is 0 Å². The molecule has 2 N–H and O–H groups in total. The molecule has 130 valence electrons. The van der Waals surface area contributed by atoms with Crippen LogP contribution in [0.5, 0.6) is 0 Å². The van der Waals surface area contributed by atoms with E-state index in [2.05, 4.69) is 59.4 Å². The standard InChI is InChI=1S/C22H18N4.Mg.2H/c1-2-14-9-21-12-19-6-5-17(24-19)10-15-3-4-16(23-15)11-18-7-8-20(25-18)13-22(14)26-21;;;/h3-13,23,26H,2H2,1H3;;;. The summed E-state index contributed by atoms with van der Waals surface area (Å²) in [6.07, 6.45) is 9.14. The Balaban J connectivity index is 0.00000180. The molecule has 27 heavy (non-hydrogen) atoms. The van der Waals surface area contributed by atoms with Crippen molar-refractivity contribution in [2.75, 3.05) is 0 Å². The molecule has 5 rings (SSSR count). The second-order valence-corrected chi connectivity index (χ2v) is 6.55. The highest BCUT2D eigenvalue weighted by molar-refractivity contribution is 5.78. The topological polar surface area (TPSA) is 57.4 Å². The van der Waals surface area contributed by atoms with Gasteiger partial charge in [0.25, 0.3) is 0 Å². The number of H-pyrrole nitrogens is 2. The number of fused-ring (bicyclic) bond motifs is 8. The van der Waals surface area contributed by atoms with Crippen LogP contribution in [0.25, 0.3) is 46.4 Å². The number of aromatic nitrogens is 4. The first-order valence-electron chi connectivity index (χ1n) is 8.82. The van der Waals surface area contributed by atoms with Gasteiger partial charge in [0, 0.05) is 22.1 Å². The molecule has 3 aromatic rings. The van der Waals surface area contributed by atoms with Crippen LogP contribution in [0.2, 0.25) is 0 Å². The minimum Gasteiger partial charge on any atom is -0.355 e. The Labute approximate surface area is 173 Å². The summed E-state index contributed by atoms with van der Waals surface area (Å²) in [6.45, 7) is 2.17. The molecule has 0 unspecified atom stereocenters. The van der Waals surface area contributed by atoms with Gasteiger partial charge < -0.3 is 9.97 Å². The summed E-state index contributed by atoms with van der Waals surface area (Å²) in [5.74, 6) is 0. The number of aromatic amines is 2. The molecule has 0 spiro atoms. The zero-order chi connectivity index (χ0) is 17.5. The van der Waals surface area contributed by atoms with Gasteiger partial charge in [0.05, 0.1) is 22.8 Å². The molecule has 3 aromatic heterocycles. The molecule has 0 saturated heterocycles. The Kier molecular flexibility index (Phi) is 4.72. The van der Waals surface area contributed by atoms with E-state index in [0.717, 1.165) is 51.3 Å². The largest absolute Gasteiger partial charge is 0.355 e. The van der Waals surface area contributed by atoms with E-state index >= 15 is 0 Å². The third-order valence-corrected chi connectivity index (χ3v) is 4.64. The maximum atomic E-state index is 4.71. The summed E-state index contributed by atoms with van der Waals surface area (Å²) in [4.78, 5) is 16.3. The maximum Gasteiger partial charge on any atom is 0.316 e. The predicted octanol–water partition coefficient (Wildman–Crippen LogP) is 4.30. The molecule has 2 aliphatic heterocycles. The molecule has 2 aliphatic rings. The summed E-state index contributed by atoms with van der Waals surface area (Å²) >= 11 is 0. The van der Waals surface area contributed by atoms with E-state index < -0.39 is 0 Å². The summed E-state index contributed by atoms with van der Waals surface area (Å²) in [5, 5.41) is 0. The van der Waals surface area contributed by atoms with Gasteiger partial charge in [-0.05, 0) is 78.8 Å². The number of nitrogens with zero attached hydrogens (tertiary/aromatic N) is 2. The third kappa shape index (κ3) is 3.61. The molecule has 0 radical (unpaired) electrons. The molecular weight excluding hydrogens is 345 g/mol. The van der Waals surface area contributed by atoms with Gasteiger partial charge in [0.1, 0.15) is 0 Å². The van der Waals surface area contributed by atoms with Gasteiger partial charge in [-0.3, -0.25) is 0 Å². The number of hydrogen-bond donors (Lipinski definition) is 2. The van der Waals surface area contributed by atoms with Crippen molar-refractivity contribution in [3.05, 3.63) is 70.8 Å². The van der Waals surface area contributed by atoms with E-state index in [9.17, 15) is 0 Å². The van der Waals surface area contributed by atoms with E-state index in [1.807, 2.05) is 24.3 Å². The smallest absolute Gasteiger partial charge is 0.316 e. The summed E-state index contributed by atoms with van der Waals surface area (Å²) < 4.78 is 0. The van der Waals surface area contributed by atoms with Crippen LogP contribution < -0.4 is 0 Å². The second-order valence-electron chi connectivity index (χ2n) is 6.55. The summed E-state index contributed by atoms with van der Waals surface area (Å²) in [7, 11) is 0. The lowest BCUT2D eigenvalue weighted by molar-refractivity contribution is 1.16. The first-order chi connectivity index (χ1) is 12.7. The van der Waals surface area contributed by atoms with E-state index in [4.69, 9.17) is 9.97 Å². The molecule has 0 aromatic carbocycles. The molecule has 0 amide bonds. The highest BCUT2D eigenvalue weighted by atomic mass is 24.3. The fraction of sp³-hybridized carbons (Fsp3) is 0.0909. The zero-order valence-corrected chi connectivity index (χ0v) is 14.5. The molecule has 5 heterocycles. The fourth-order valence-corrected chi connectivity index (χ4v) is 3.37. The second kappa shape index (κ2) is 7.17. The van der Waals surface area contributed by atoms with Crippen LogP contribution in [0.3, 0.4) is 0 Å². The number of rotatable bonds is 1. The molecule has 5 heteroatoms. The SMILES string of the molecule is CCc1cc2cc3nc(cc4ccc(cc5nc(cc1[nH]2)C=C5)[nH]4)C=C3.[MgH2]. The number of hydrogen-bond acceptors (Lipinski definition) is 2. The van der Waals surface area contributed by atoms with Gasteiger partial charge >= 0.3 is 23.1 Å². The van der Waals surface area contributed by atoms with Crippen molar-refractivity contribution in [1.29, 1.82) is 0 Å². The van der Waals surface area contributed by atoms with Crippen LogP contribution in [0, 0.1) is 0 Å². The third-order valence-electron chi connectivity index (χ3n) is 4.64. The lowest BCUT2D eigenvalue weighted by atomic mass is 10.2. The Morgan fingerprint density at radius 2 is 1.19 bits per heavy atom. The van der Waals surface area contributed by atoms with Crippen molar-refractivity contribution in [3.63, 3.8) is 0 Å². The van der Waals surface area contributed by atoms with E-state index in [1.54, 1.807) is 0 Å². The molecule has 0 atom stereocenters. The summed E-state index contributed by atoms with van der Waals surface area (Å²) in [5.41, 5.74) is 9.30. The lowest BCUT2D eigenvalue weighted by Gasteiger charge is -1.89. The average molecular weight is 365 g/mol. The van der Waals surface area contributed by atoms with Crippen molar-refractivity contribution in [1.82, 2.24) is 19.9 Å². The normalized spacial score (nSPS) is 12.2. The highest BCUT2D eigenvalue weighted by Crippen LogP contribution is 2.19. The van der Waals surface area contributed by atoms with Crippen LogP contribution in [0.1, 0.15) is 35.3 Å². The number of aryl methyl sites for hydroxylation is 1. The Morgan fingerprint density at radius 1 is 0.667 bits per heavy atom. The van der Waals surface area contributed by atoms with Crippen LogP contribution >= 0.6 is 0 Å². The van der Waals surface area contributed by atoms with Crippen molar-refractivity contribution in [3.8, 4) is 0 Å². The van der Waals surface area contributed by atoms with Crippen molar-refractivity contribution in [2.24, 2.45) is 0 Å². The van der Waals surface area contributed by atoms with Gasteiger partial charge in [-0.25, -0.2) is 9.97 Å². The molecule has 4 nitrogen and oxygen atoms in total. The minimum absolute atomic E-state index is 0. The Bertz CT molecular complexity index is 1230. The fourth-order valence-electron chi connectivity index (χ4n) is 3.37. The zero-order valence-electron chi connectivity index (χ0n) is 14.5. The van der Waals surface area contributed by atoms with E-state index in [1.165, 1.54) is 5.56 Å². The molecule has 8 bridgehead atoms. The van der Waals surface area contributed by atoms with Gasteiger partial charge in [0.2, 0.25) is 0 Å². The van der Waals surface area contributed by atoms with Gasteiger partial charge in [-0.2, -0.15) is 0 Å². The van der Waals surface area contributed by atoms with Crippen molar-refractivity contribution in [2.45, 2.75) is 13.3 Å². The van der Waals surface area contributed by atoms with Gasteiger partial charge in [-0.1, -0.05) is 6.92 Å². The lowest BCUT2D eigenvalue weighted by Crippen LogP contribution is -1.77. The van der Waals surface area contributed by atoms with Gasteiger partial charge in [-0.15, -0.1) is 0 Å². The van der Waals surface area contributed by atoms with E-state index in [-0.39, 0.29) is 23.1 Å². The first-order valence-corrected chi connectivity index (χ1v) is 8.82. The van der Waals surface area contributed by atoms with Crippen LogP contribution in [-0.4, -0.2) is 43.0 Å². The van der Waals surface area contributed by atoms with Crippen LogP contribution in [0.4, 0.5) is 0 Å². The molecule has 0 fully saturated rings. The Morgan fingerprint density at radius 3 is 1.74 bits per heavy atom. The Hall–Kier alpha value is -2.63. The maximum absolute atomic E-state index is 4.71. The summed E-state index contributed by atoms with van der Waals surface area (Å²) in [6, 6.07) is 14.6.